The van der Waals surface area contributed by atoms with Gasteiger partial charge in [-0.2, -0.15) is 0 Å². The Hall–Kier alpha value is -3.01. The van der Waals surface area contributed by atoms with Gasteiger partial charge < -0.3 is 34.6 Å². The molecule has 4 amide bonds. The van der Waals surface area contributed by atoms with E-state index < -0.39 is 12.1 Å². The molecule has 2 heterocycles. The number of hydrogen-bond donors (Lipinski definition) is 2. The fourth-order valence-corrected chi connectivity index (χ4v) is 6.30. The molecule has 2 N–H and O–H groups in total. The van der Waals surface area contributed by atoms with Crippen LogP contribution in [0.2, 0.25) is 0 Å². The first-order valence-corrected chi connectivity index (χ1v) is 15.3. The molecular formula is C31H48N4O6. The lowest BCUT2D eigenvalue weighted by Crippen LogP contribution is -2.66. The number of urea groups is 1. The standard InChI is InChI=1S/C31H48N4O6/c1-21(2)15-26-30(37)34(19-22-12-13-27(39-3)28(16-22)40-4)20-24(17-29(36)32-18-25-11-8-14-41-25)35(26)31(38)33-23-9-6-5-7-10-23/h12-13,16,21,23-26H,5-11,14-15,17-20H2,1-4H3,(H,32,36)(H,33,38)/t24?,25-,26-/m0/s1. The molecule has 3 atom stereocenters. The van der Waals surface area contributed by atoms with Crippen molar-refractivity contribution in [1.29, 1.82) is 0 Å². The fourth-order valence-electron chi connectivity index (χ4n) is 6.30. The van der Waals surface area contributed by atoms with Crippen LogP contribution in [0.15, 0.2) is 18.2 Å². The molecule has 10 heteroatoms. The minimum absolute atomic E-state index is 0.0350. The van der Waals surface area contributed by atoms with Crippen LogP contribution in [-0.4, -0.2) is 85.8 Å². The Morgan fingerprint density at radius 1 is 1.05 bits per heavy atom. The van der Waals surface area contributed by atoms with E-state index in [1.807, 2.05) is 18.2 Å². The van der Waals surface area contributed by atoms with E-state index in [4.69, 9.17) is 14.2 Å². The highest BCUT2D eigenvalue weighted by Gasteiger charge is 2.44. The third kappa shape index (κ3) is 8.27. The normalized spacial score (nSPS) is 23.5. The molecule has 1 aromatic carbocycles. The number of amides is 4. The Morgan fingerprint density at radius 2 is 1.80 bits per heavy atom. The predicted molar refractivity (Wildman–Crippen MR) is 156 cm³/mol. The molecule has 3 fully saturated rings. The molecule has 2 saturated heterocycles. The van der Waals surface area contributed by atoms with Gasteiger partial charge in [0.25, 0.3) is 0 Å². The maximum Gasteiger partial charge on any atom is 0.318 e. The zero-order chi connectivity index (χ0) is 29.4. The van der Waals surface area contributed by atoms with E-state index in [0.717, 1.165) is 50.7 Å². The molecule has 2 aliphatic heterocycles. The fraction of sp³-hybridized carbons (Fsp3) is 0.710. The van der Waals surface area contributed by atoms with Gasteiger partial charge in [0, 0.05) is 38.7 Å². The van der Waals surface area contributed by atoms with E-state index in [-0.39, 0.29) is 48.9 Å². The Labute approximate surface area is 244 Å². The Morgan fingerprint density at radius 3 is 2.46 bits per heavy atom. The molecule has 0 spiro atoms. The molecule has 0 bridgehead atoms. The minimum atomic E-state index is -0.650. The lowest BCUT2D eigenvalue weighted by atomic mass is 9.93. The average molecular weight is 573 g/mol. The number of ether oxygens (including phenoxy) is 3. The van der Waals surface area contributed by atoms with E-state index in [1.165, 1.54) is 6.42 Å². The van der Waals surface area contributed by atoms with E-state index in [1.54, 1.807) is 24.0 Å². The van der Waals surface area contributed by atoms with Gasteiger partial charge in [-0.15, -0.1) is 0 Å². The number of nitrogens with one attached hydrogen (secondary N) is 2. The van der Waals surface area contributed by atoms with Crippen LogP contribution in [0.25, 0.3) is 0 Å². The number of carbonyl (C=O) groups excluding carboxylic acids is 3. The van der Waals surface area contributed by atoms with Crippen molar-refractivity contribution in [2.45, 2.75) is 102 Å². The molecule has 10 nitrogen and oxygen atoms in total. The second kappa shape index (κ2) is 14.8. The van der Waals surface area contributed by atoms with Crippen molar-refractivity contribution in [2.24, 2.45) is 5.92 Å². The van der Waals surface area contributed by atoms with Crippen LogP contribution >= 0.6 is 0 Å². The average Bonchev–Trinajstić information content (AvgIpc) is 3.48. The first-order valence-electron chi connectivity index (χ1n) is 15.3. The summed E-state index contributed by atoms with van der Waals surface area (Å²) in [5.41, 5.74) is 0.890. The van der Waals surface area contributed by atoms with Crippen LogP contribution < -0.4 is 20.1 Å². The van der Waals surface area contributed by atoms with Crippen molar-refractivity contribution in [2.75, 3.05) is 33.9 Å². The van der Waals surface area contributed by atoms with Crippen LogP contribution in [-0.2, 0) is 20.9 Å². The quantitative estimate of drug-likeness (QED) is 0.417. The van der Waals surface area contributed by atoms with Crippen molar-refractivity contribution in [3.8, 4) is 11.5 Å². The van der Waals surface area contributed by atoms with Gasteiger partial charge in [0.05, 0.1) is 26.4 Å². The van der Waals surface area contributed by atoms with Gasteiger partial charge in [0.1, 0.15) is 6.04 Å². The Balaban J connectivity index is 1.57. The van der Waals surface area contributed by atoms with Crippen molar-refractivity contribution in [3.05, 3.63) is 23.8 Å². The largest absolute Gasteiger partial charge is 0.493 e. The van der Waals surface area contributed by atoms with Crippen LogP contribution in [0.5, 0.6) is 11.5 Å². The Bertz CT molecular complexity index is 1040. The lowest BCUT2D eigenvalue weighted by Gasteiger charge is -2.47. The maximum absolute atomic E-state index is 14.0. The summed E-state index contributed by atoms with van der Waals surface area (Å²) >= 11 is 0. The van der Waals surface area contributed by atoms with E-state index in [2.05, 4.69) is 24.5 Å². The number of rotatable bonds is 11. The zero-order valence-corrected chi connectivity index (χ0v) is 25.2. The topological polar surface area (TPSA) is 109 Å². The number of hydrogen-bond acceptors (Lipinski definition) is 6. The molecule has 4 rings (SSSR count). The van der Waals surface area contributed by atoms with Gasteiger partial charge in [-0.25, -0.2) is 4.79 Å². The second-order valence-corrected chi connectivity index (χ2v) is 12.0. The molecule has 41 heavy (non-hydrogen) atoms. The van der Waals surface area contributed by atoms with E-state index in [0.29, 0.717) is 31.0 Å². The summed E-state index contributed by atoms with van der Waals surface area (Å²) in [6.07, 6.45) is 7.87. The molecule has 1 saturated carbocycles. The zero-order valence-electron chi connectivity index (χ0n) is 25.2. The van der Waals surface area contributed by atoms with Gasteiger partial charge in [-0.05, 0) is 55.7 Å². The smallest absolute Gasteiger partial charge is 0.318 e. The van der Waals surface area contributed by atoms with Crippen LogP contribution in [0, 0.1) is 5.92 Å². The summed E-state index contributed by atoms with van der Waals surface area (Å²) in [5.74, 6) is 1.16. The Kier molecular flexibility index (Phi) is 11.1. The number of carbonyl (C=O) groups is 3. The highest BCUT2D eigenvalue weighted by atomic mass is 16.5. The highest BCUT2D eigenvalue weighted by Crippen LogP contribution is 2.31. The first kappa shape index (κ1) is 30.9. The lowest BCUT2D eigenvalue weighted by molar-refractivity contribution is -0.145. The third-order valence-electron chi connectivity index (χ3n) is 8.41. The molecule has 1 aromatic rings. The van der Waals surface area contributed by atoms with Gasteiger partial charge in [-0.3, -0.25) is 9.59 Å². The molecule has 0 aromatic heterocycles. The third-order valence-corrected chi connectivity index (χ3v) is 8.41. The SMILES string of the molecule is COc1ccc(CN2CC(CC(=O)NC[C@@H]3CCCO3)N(C(=O)NC3CCCCC3)[C@@H](CC(C)C)C2=O)cc1OC. The summed E-state index contributed by atoms with van der Waals surface area (Å²) < 4.78 is 16.5. The summed E-state index contributed by atoms with van der Waals surface area (Å²) in [6, 6.07) is 4.37. The van der Waals surface area contributed by atoms with Crippen molar-refractivity contribution in [1.82, 2.24) is 20.4 Å². The molecule has 1 unspecified atom stereocenters. The van der Waals surface area contributed by atoms with Crippen LogP contribution in [0.3, 0.4) is 0 Å². The van der Waals surface area contributed by atoms with Crippen molar-refractivity contribution >= 4 is 17.8 Å². The number of nitrogens with zero attached hydrogens (tertiary/aromatic N) is 2. The minimum Gasteiger partial charge on any atom is -0.493 e. The molecule has 3 aliphatic rings. The van der Waals surface area contributed by atoms with Crippen LogP contribution in [0.1, 0.15) is 77.2 Å². The van der Waals surface area contributed by atoms with Gasteiger partial charge in [0.15, 0.2) is 11.5 Å². The monoisotopic (exact) mass is 572 g/mol. The van der Waals surface area contributed by atoms with E-state index in [9.17, 15) is 14.4 Å². The first-order chi connectivity index (χ1) is 19.8. The summed E-state index contributed by atoms with van der Waals surface area (Å²) in [7, 11) is 3.17. The molecule has 0 radical (unpaired) electrons. The van der Waals surface area contributed by atoms with Crippen molar-refractivity contribution < 1.29 is 28.6 Å². The van der Waals surface area contributed by atoms with E-state index >= 15 is 0 Å². The van der Waals surface area contributed by atoms with Gasteiger partial charge in [0.2, 0.25) is 11.8 Å². The summed E-state index contributed by atoms with van der Waals surface area (Å²) in [4.78, 5) is 44.5. The number of benzene rings is 1. The predicted octanol–water partition coefficient (Wildman–Crippen LogP) is 3.86. The number of methoxy groups -OCH3 is 2. The summed E-state index contributed by atoms with van der Waals surface area (Å²) in [6.45, 7) is 5.92. The second-order valence-electron chi connectivity index (χ2n) is 12.0. The number of piperazine rings is 1. The summed E-state index contributed by atoms with van der Waals surface area (Å²) in [5, 5.41) is 6.23. The molecule has 228 valence electrons. The van der Waals surface area contributed by atoms with Crippen LogP contribution in [0.4, 0.5) is 4.79 Å². The highest BCUT2D eigenvalue weighted by molar-refractivity contribution is 5.89. The van der Waals surface area contributed by atoms with Gasteiger partial charge in [-0.1, -0.05) is 39.2 Å². The molecule has 1 aliphatic carbocycles. The van der Waals surface area contributed by atoms with Gasteiger partial charge >= 0.3 is 6.03 Å². The maximum atomic E-state index is 14.0. The molecular weight excluding hydrogens is 524 g/mol. The van der Waals surface area contributed by atoms with Crippen molar-refractivity contribution in [3.63, 3.8) is 0 Å².